The fraction of sp³-hybridized carbons (Fsp3) is 0.125. The molecule has 0 amide bonds. The van der Waals surface area contributed by atoms with Crippen molar-refractivity contribution in [2.75, 3.05) is 0 Å². The van der Waals surface area contributed by atoms with Crippen molar-refractivity contribution in [2.45, 2.75) is 4.84 Å². The van der Waals surface area contributed by atoms with Gasteiger partial charge in [-0.1, -0.05) is 52.1 Å². The van der Waals surface area contributed by atoms with Gasteiger partial charge in [-0.15, -0.1) is 0 Å². The second-order valence-electron chi connectivity index (χ2n) is 2.29. The van der Waals surface area contributed by atoms with Crippen LogP contribution in [0.25, 0.3) is 0 Å². The quantitative estimate of drug-likeness (QED) is 0.364. The molecule has 0 saturated carbocycles. The third-order valence-corrected chi connectivity index (χ3v) is 2.12. The molecule has 1 rings (SSSR count). The van der Waals surface area contributed by atoms with Gasteiger partial charge in [-0.2, -0.15) is 0 Å². The second kappa shape index (κ2) is 4.70. The Balaban J connectivity index is 3.00. The molecule has 0 unspecified atom stereocenters. The molecule has 0 aliphatic heterocycles. The van der Waals surface area contributed by atoms with Gasteiger partial charge in [0, 0.05) is 10.6 Å². The van der Waals surface area contributed by atoms with Crippen LogP contribution in [0, 0.1) is 0 Å². The standard InChI is InChI=1S/C8H6Cl3NO/c9-6-3-1-5(2-4-6)7(12-13)8(10)11/h1-4,8,13H/b12-7-. The fourth-order valence-electron chi connectivity index (χ4n) is 0.848. The summed E-state index contributed by atoms with van der Waals surface area (Å²) in [5.74, 6) is 0. The molecular weight excluding hydrogens is 232 g/mol. The SMILES string of the molecule is O/N=C(/c1ccc(Cl)cc1)C(Cl)Cl. The number of nitrogens with zero attached hydrogens (tertiary/aromatic N) is 1. The number of rotatable bonds is 2. The van der Waals surface area contributed by atoms with Gasteiger partial charge in [0.15, 0.2) is 4.84 Å². The molecule has 0 aromatic heterocycles. The van der Waals surface area contributed by atoms with E-state index in [4.69, 9.17) is 40.0 Å². The maximum atomic E-state index is 8.61. The fourth-order valence-corrected chi connectivity index (χ4v) is 1.31. The van der Waals surface area contributed by atoms with Gasteiger partial charge in [0.25, 0.3) is 0 Å². The number of hydrogen-bond donors (Lipinski definition) is 1. The maximum absolute atomic E-state index is 8.61. The minimum atomic E-state index is -0.855. The van der Waals surface area contributed by atoms with Crippen LogP contribution in [0.2, 0.25) is 5.02 Å². The van der Waals surface area contributed by atoms with Crippen LogP contribution >= 0.6 is 34.8 Å². The summed E-state index contributed by atoms with van der Waals surface area (Å²) < 4.78 is 0. The summed E-state index contributed by atoms with van der Waals surface area (Å²) in [7, 11) is 0. The van der Waals surface area contributed by atoms with Crippen LogP contribution in [0.3, 0.4) is 0 Å². The van der Waals surface area contributed by atoms with E-state index in [9.17, 15) is 0 Å². The molecule has 0 heterocycles. The van der Waals surface area contributed by atoms with Crippen LogP contribution in [0.4, 0.5) is 0 Å². The van der Waals surface area contributed by atoms with Crippen LogP contribution in [-0.2, 0) is 0 Å². The first-order valence-electron chi connectivity index (χ1n) is 3.41. The smallest absolute Gasteiger partial charge is 0.153 e. The van der Waals surface area contributed by atoms with Gasteiger partial charge in [-0.25, -0.2) is 0 Å². The van der Waals surface area contributed by atoms with E-state index in [0.29, 0.717) is 10.6 Å². The first-order chi connectivity index (χ1) is 6.15. The summed E-state index contributed by atoms with van der Waals surface area (Å²) >= 11 is 16.8. The van der Waals surface area contributed by atoms with Crippen molar-refractivity contribution in [3.63, 3.8) is 0 Å². The number of halogens is 3. The Hall–Kier alpha value is -0.440. The van der Waals surface area contributed by atoms with Crippen molar-refractivity contribution in [3.05, 3.63) is 34.9 Å². The molecule has 2 nitrogen and oxygen atoms in total. The van der Waals surface area contributed by atoms with Crippen LogP contribution < -0.4 is 0 Å². The van der Waals surface area contributed by atoms with Crippen molar-refractivity contribution in [2.24, 2.45) is 5.16 Å². The van der Waals surface area contributed by atoms with E-state index >= 15 is 0 Å². The zero-order chi connectivity index (χ0) is 9.84. The molecule has 70 valence electrons. The molecule has 1 N–H and O–H groups in total. The van der Waals surface area contributed by atoms with Crippen molar-refractivity contribution >= 4 is 40.5 Å². The minimum absolute atomic E-state index is 0.208. The largest absolute Gasteiger partial charge is 0.411 e. The predicted octanol–water partition coefficient (Wildman–Crippen LogP) is 3.32. The van der Waals surface area contributed by atoms with Crippen molar-refractivity contribution < 1.29 is 5.21 Å². The van der Waals surface area contributed by atoms with E-state index in [2.05, 4.69) is 5.16 Å². The average Bonchev–Trinajstić information content (AvgIpc) is 2.09. The summed E-state index contributed by atoms with van der Waals surface area (Å²) in [5, 5.41) is 12.2. The number of oxime groups is 1. The molecule has 1 aromatic rings. The lowest BCUT2D eigenvalue weighted by Crippen LogP contribution is -2.09. The number of benzene rings is 1. The molecule has 0 atom stereocenters. The van der Waals surface area contributed by atoms with Gasteiger partial charge in [0.1, 0.15) is 5.71 Å². The van der Waals surface area contributed by atoms with E-state index in [0.717, 1.165) is 0 Å². The third kappa shape index (κ3) is 2.76. The highest BCUT2D eigenvalue weighted by Gasteiger charge is 2.12. The van der Waals surface area contributed by atoms with E-state index in [-0.39, 0.29) is 5.71 Å². The molecule has 0 fully saturated rings. The highest BCUT2D eigenvalue weighted by Crippen LogP contribution is 2.15. The van der Waals surface area contributed by atoms with Crippen molar-refractivity contribution in [1.82, 2.24) is 0 Å². The van der Waals surface area contributed by atoms with E-state index in [1.807, 2.05) is 0 Å². The molecule has 0 saturated heterocycles. The Morgan fingerprint density at radius 1 is 1.23 bits per heavy atom. The van der Waals surface area contributed by atoms with Gasteiger partial charge in [0.2, 0.25) is 0 Å². The summed E-state index contributed by atoms with van der Waals surface area (Å²) in [6, 6.07) is 6.68. The Morgan fingerprint density at radius 2 is 1.77 bits per heavy atom. The zero-order valence-corrected chi connectivity index (χ0v) is 8.68. The Kier molecular flexibility index (Phi) is 3.85. The first-order valence-corrected chi connectivity index (χ1v) is 4.66. The lowest BCUT2D eigenvalue weighted by molar-refractivity contribution is 0.319. The Bertz CT molecular complexity index is 308. The molecule has 0 aliphatic carbocycles. The average molecular weight is 239 g/mol. The normalized spacial score (nSPS) is 12.2. The molecule has 5 heteroatoms. The Morgan fingerprint density at radius 3 is 2.15 bits per heavy atom. The lowest BCUT2D eigenvalue weighted by atomic mass is 10.1. The molecule has 0 aliphatic rings. The van der Waals surface area contributed by atoms with Crippen LogP contribution in [0.5, 0.6) is 0 Å². The van der Waals surface area contributed by atoms with Gasteiger partial charge in [-0.05, 0) is 12.1 Å². The minimum Gasteiger partial charge on any atom is -0.411 e. The first kappa shape index (κ1) is 10.6. The molecule has 13 heavy (non-hydrogen) atoms. The molecule has 1 aromatic carbocycles. The van der Waals surface area contributed by atoms with Crippen molar-refractivity contribution in [1.29, 1.82) is 0 Å². The molecular formula is C8H6Cl3NO. The third-order valence-electron chi connectivity index (χ3n) is 1.45. The van der Waals surface area contributed by atoms with Gasteiger partial charge >= 0.3 is 0 Å². The summed E-state index contributed by atoms with van der Waals surface area (Å²) in [4.78, 5) is -0.855. The number of alkyl halides is 2. The van der Waals surface area contributed by atoms with Gasteiger partial charge in [-0.3, -0.25) is 0 Å². The summed E-state index contributed by atoms with van der Waals surface area (Å²) in [6.07, 6.45) is 0. The topological polar surface area (TPSA) is 32.6 Å². The Labute approximate surface area is 90.7 Å². The summed E-state index contributed by atoms with van der Waals surface area (Å²) in [6.45, 7) is 0. The monoisotopic (exact) mass is 237 g/mol. The van der Waals surface area contributed by atoms with Gasteiger partial charge < -0.3 is 5.21 Å². The van der Waals surface area contributed by atoms with Crippen molar-refractivity contribution in [3.8, 4) is 0 Å². The van der Waals surface area contributed by atoms with Crippen LogP contribution in [0.15, 0.2) is 29.4 Å². The zero-order valence-electron chi connectivity index (χ0n) is 6.42. The van der Waals surface area contributed by atoms with Crippen LogP contribution in [0.1, 0.15) is 5.56 Å². The summed E-state index contributed by atoms with van der Waals surface area (Å²) in [5.41, 5.74) is 0.849. The molecule has 0 bridgehead atoms. The second-order valence-corrected chi connectivity index (χ2v) is 3.83. The van der Waals surface area contributed by atoms with Gasteiger partial charge in [0.05, 0.1) is 0 Å². The van der Waals surface area contributed by atoms with E-state index in [1.165, 1.54) is 0 Å². The lowest BCUT2D eigenvalue weighted by Gasteiger charge is -2.04. The molecule has 0 spiro atoms. The van der Waals surface area contributed by atoms with Crippen LogP contribution in [-0.4, -0.2) is 15.8 Å². The van der Waals surface area contributed by atoms with E-state index in [1.54, 1.807) is 24.3 Å². The number of hydrogen-bond acceptors (Lipinski definition) is 2. The van der Waals surface area contributed by atoms with E-state index < -0.39 is 4.84 Å². The highest BCUT2D eigenvalue weighted by atomic mass is 35.5. The highest BCUT2D eigenvalue weighted by molar-refractivity contribution is 6.56. The molecule has 0 radical (unpaired) electrons. The maximum Gasteiger partial charge on any atom is 0.153 e. The predicted molar refractivity (Wildman–Crippen MR) is 55.3 cm³/mol.